The molecule has 2 aromatic heterocycles. The number of nitrogens with one attached hydrogen (secondary N) is 1. The van der Waals surface area contributed by atoms with Gasteiger partial charge in [0, 0.05) is 12.6 Å². The topological polar surface area (TPSA) is 89.3 Å². The maximum Gasteiger partial charge on any atom is 0.573 e. The Hall–Kier alpha value is -3.30. The number of hydrogen-bond acceptors (Lipinski definition) is 6. The van der Waals surface area contributed by atoms with Crippen molar-refractivity contribution in [3.63, 3.8) is 0 Å². The van der Waals surface area contributed by atoms with E-state index in [4.69, 9.17) is 0 Å². The first-order valence-electron chi connectivity index (χ1n) is 7.40. The third kappa shape index (κ3) is 3.68. The lowest BCUT2D eigenvalue weighted by Gasteiger charge is -2.13. The Morgan fingerprint density at radius 1 is 1.27 bits per heavy atom. The smallest absolute Gasteiger partial charge is 0.423 e. The van der Waals surface area contributed by atoms with E-state index >= 15 is 0 Å². The van der Waals surface area contributed by atoms with Gasteiger partial charge in [0.15, 0.2) is 5.65 Å². The van der Waals surface area contributed by atoms with Crippen LogP contribution in [0.5, 0.6) is 5.75 Å². The van der Waals surface area contributed by atoms with Crippen LogP contribution in [0.2, 0.25) is 0 Å². The summed E-state index contributed by atoms with van der Waals surface area (Å²) >= 11 is 0. The summed E-state index contributed by atoms with van der Waals surface area (Å²) in [5, 5.41) is 13.2. The van der Waals surface area contributed by atoms with Gasteiger partial charge in [-0.2, -0.15) is 0 Å². The SMILES string of the molecule is Cc1ncnc2c1c(NCc1cccc(OC(F)(F)F)c1)cc(=O)n2O. The molecule has 26 heavy (non-hydrogen) atoms. The van der Waals surface area contributed by atoms with Crippen LogP contribution in [-0.4, -0.2) is 26.3 Å². The molecule has 136 valence electrons. The second-order valence-corrected chi connectivity index (χ2v) is 5.41. The third-order valence-corrected chi connectivity index (χ3v) is 3.58. The van der Waals surface area contributed by atoms with Gasteiger partial charge in [-0.15, -0.1) is 17.9 Å². The van der Waals surface area contributed by atoms with Crippen molar-refractivity contribution in [3.05, 3.63) is 58.3 Å². The number of halogens is 3. The Bertz CT molecular complexity index is 1020. The Morgan fingerprint density at radius 3 is 2.77 bits per heavy atom. The molecule has 0 fully saturated rings. The van der Waals surface area contributed by atoms with Gasteiger partial charge < -0.3 is 15.3 Å². The predicted octanol–water partition coefficient (Wildman–Crippen LogP) is 2.85. The maximum atomic E-state index is 12.3. The number of alkyl halides is 3. The van der Waals surface area contributed by atoms with Gasteiger partial charge in [0.1, 0.15) is 12.1 Å². The van der Waals surface area contributed by atoms with Gasteiger partial charge in [-0.3, -0.25) is 4.79 Å². The van der Waals surface area contributed by atoms with E-state index in [1.807, 2.05) is 0 Å². The second-order valence-electron chi connectivity index (χ2n) is 5.41. The van der Waals surface area contributed by atoms with Gasteiger partial charge in [0.25, 0.3) is 5.56 Å². The van der Waals surface area contributed by atoms with E-state index in [0.29, 0.717) is 27.1 Å². The summed E-state index contributed by atoms with van der Waals surface area (Å²) in [5.41, 5.74) is 0.710. The summed E-state index contributed by atoms with van der Waals surface area (Å²) < 4.78 is 41.2. The van der Waals surface area contributed by atoms with E-state index in [1.54, 1.807) is 13.0 Å². The lowest BCUT2D eigenvalue weighted by atomic mass is 10.2. The summed E-state index contributed by atoms with van der Waals surface area (Å²) in [4.78, 5) is 19.8. The molecule has 0 saturated carbocycles. The van der Waals surface area contributed by atoms with E-state index in [0.717, 1.165) is 6.07 Å². The average Bonchev–Trinajstić information content (AvgIpc) is 2.56. The lowest BCUT2D eigenvalue weighted by Crippen LogP contribution is -2.20. The Labute approximate surface area is 144 Å². The van der Waals surface area contributed by atoms with Crippen LogP contribution >= 0.6 is 0 Å². The van der Waals surface area contributed by atoms with Crippen molar-refractivity contribution in [2.24, 2.45) is 0 Å². The van der Waals surface area contributed by atoms with Crippen LogP contribution in [0.15, 0.2) is 41.5 Å². The summed E-state index contributed by atoms with van der Waals surface area (Å²) in [6, 6.07) is 6.62. The molecule has 0 bridgehead atoms. The molecule has 2 heterocycles. The fourth-order valence-electron chi connectivity index (χ4n) is 2.49. The van der Waals surface area contributed by atoms with Gasteiger partial charge >= 0.3 is 6.36 Å². The summed E-state index contributed by atoms with van der Waals surface area (Å²) in [6.45, 7) is 1.80. The third-order valence-electron chi connectivity index (χ3n) is 3.58. The average molecular weight is 366 g/mol. The van der Waals surface area contributed by atoms with Crippen LogP contribution < -0.4 is 15.6 Å². The molecule has 2 N–H and O–H groups in total. The van der Waals surface area contributed by atoms with Crippen LogP contribution in [0.25, 0.3) is 11.0 Å². The molecule has 0 spiro atoms. The van der Waals surface area contributed by atoms with Crippen molar-refractivity contribution in [3.8, 4) is 5.75 Å². The van der Waals surface area contributed by atoms with E-state index in [-0.39, 0.29) is 17.9 Å². The van der Waals surface area contributed by atoms with E-state index < -0.39 is 11.9 Å². The lowest BCUT2D eigenvalue weighted by molar-refractivity contribution is -0.274. The van der Waals surface area contributed by atoms with Crippen LogP contribution in [-0.2, 0) is 6.54 Å². The van der Waals surface area contributed by atoms with Gasteiger partial charge in [0.2, 0.25) is 0 Å². The molecule has 0 radical (unpaired) electrons. The zero-order valence-corrected chi connectivity index (χ0v) is 13.4. The highest BCUT2D eigenvalue weighted by molar-refractivity contribution is 5.90. The Kier molecular flexibility index (Phi) is 4.41. The molecule has 0 saturated heterocycles. The number of benzene rings is 1. The molecule has 0 unspecified atom stereocenters. The highest BCUT2D eigenvalue weighted by atomic mass is 19.4. The molecular weight excluding hydrogens is 353 g/mol. The summed E-state index contributed by atoms with van der Waals surface area (Å²) in [5.74, 6) is -0.341. The maximum absolute atomic E-state index is 12.3. The van der Waals surface area contributed by atoms with Crippen molar-refractivity contribution in [2.45, 2.75) is 19.8 Å². The Balaban J connectivity index is 1.90. The van der Waals surface area contributed by atoms with Gasteiger partial charge in [-0.25, -0.2) is 9.97 Å². The minimum atomic E-state index is -4.78. The molecular formula is C16H13F3N4O3. The zero-order valence-electron chi connectivity index (χ0n) is 13.4. The van der Waals surface area contributed by atoms with Crippen molar-refractivity contribution in [1.29, 1.82) is 0 Å². The zero-order chi connectivity index (χ0) is 18.9. The van der Waals surface area contributed by atoms with Crippen molar-refractivity contribution >= 4 is 16.7 Å². The minimum absolute atomic E-state index is 0.0293. The Morgan fingerprint density at radius 2 is 2.04 bits per heavy atom. The van der Waals surface area contributed by atoms with Crippen LogP contribution in [0.1, 0.15) is 11.3 Å². The normalized spacial score (nSPS) is 11.5. The number of rotatable bonds is 4. The quantitative estimate of drug-likeness (QED) is 0.690. The molecule has 0 atom stereocenters. The number of anilines is 1. The molecule has 0 aliphatic rings. The first kappa shape index (κ1) is 17.5. The van der Waals surface area contributed by atoms with Crippen molar-refractivity contribution in [1.82, 2.24) is 14.7 Å². The monoisotopic (exact) mass is 366 g/mol. The molecule has 1 aromatic carbocycles. The number of fused-ring (bicyclic) bond motifs is 1. The fourth-order valence-corrected chi connectivity index (χ4v) is 2.49. The minimum Gasteiger partial charge on any atom is -0.423 e. The largest absolute Gasteiger partial charge is 0.573 e. The number of hydrogen-bond donors (Lipinski definition) is 2. The molecule has 3 rings (SSSR count). The summed E-state index contributed by atoms with van der Waals surface area (Å²) in [7, 11) is 0. The molecule has 3 aromatic rings. The van der Waals surface area contributed by atoms with Crippen LogP contribution in [0, 0.1) is 6.92 Å². The highest BCUT2D eigenvalue weighted by Crippen LogP contribution is 2.25. The van der Waals surface area contributed by atoms with Crippen LogP contribution in [0.3, 0.4) is 0 Å². The van der Waals surface area contributed by atoms with Gasteiger partial charge in [0.05, 0.1) is 16.8 Å². The molecule has 0 aliphatic heterocycles. The molecule has 0 amide bonds. The fraction of sp³-hybridized carbons (Fsp3) is 0.188. The number of aromatic nitrogens is 3. The predicted molar refractivity (Wildman–Crippen MR) is 86.2 cm³/mol. The first-order valence-corrected chi connectivity index (χ1v) is 7.40. The standard InChI is InChI=1S/C16H13F3N4O3/c1-9-14-12(6-13(24)23(25)15(14)22-8-21-9)20-7-10-3-2-4-11(5-10)26-16(17,18)19/h2-6,8,20,25H,7H2,1H3. The second kappa shape index (κ2) is 6.54. The number of nitrogens with zero attached hydrogens (tertiary/aromatic N) is 3. The van der Waals surface area contributed by atoms with Gasteiger partial charge in [-0.05, 0) is 24.6 Å². The molecule has 7 nitrogen and oxygen atoms in total. The van der Waals surface area contributed by atoms with Crippen LogP contribution in [0.4, 0.5) is 18.9 Å². The first-order chi connectivity index (χ1) is 12.2. The molecule has 0 aliphatic carbocycles. The van der Waals surface area contributed by atoms with E-state index in [9.17, 15) is 23.2 Å². The number of aryl methyl sites for hydroxylation is 1. The van der Waals surface area contributed by atoms with Crippen molar-refractivity contribution in [2.75, 3.05) is 5.32 Å². The van der Waals surface area contributed by atoms with E-state index in [1.165, 1.54) is 24.5 Å². The summed E-state index contributed by atoms with van der Waals surface area (Å²) in [6.07, 6.45) is -3.56. The van der Waals surface area contributed by atoms with Gasteiger partial charge in [-0.1, -0.05) is 12.1 Å². The highest BCUT2D eigenvalue weighted by Gasteiger charge is 2.31. The molecule has 10 heteroatoms. The van der Waals surface area contributed by atoms with Crippen molar-refractivity contribution < 1.29 is 23.1 Å². The van der Waals surface area contributed by atoms with E-state index in [2.05, 4.69) is 20.0 Å². The number of ether oxygens (including phenoxy) is 1. The number of pyridine rings is 1.